The highest BCUT2D eigenvalue weighted by molar-refractivity contribution is 7.08. The molecular formula is C14H16N4OS. The predicted octanol–water partition coefficient (Wildman–Crippen LogP) is 2.00. The summed E-state index contributed by atoms with van der Waals surface area (Å²) in [5, 5.41) is 10.3. The molecule has 0 atom stereocenters. The molecule has 2 N–H and O–H groups in total. The normalized spacial score (nSPS) is 13.8. The van der Waals surface area contributed by atoms with Crippen LogP contribution in [0, 0.1) is 0 Å². The Labute approximate surface area is 121 Å². The summed E-state index contributed by atoms with van der Waals surface area (Å²) in [6.07, 6.45) is 1.72. The lowest BCUT2D eigenvalue weighted by Gasteiger charge is -2.20. The second-order valence-electron chi connectivity index (χ2n) is 4.73. The van der Waals surface area contributed by atoms with Crippen molar-refractivity contribution in [2.45, 2.75) is 26.3 Å². The summed E-state index contributed by atoms with van der Waals surface area (Å²) >= 11 is 1.15. The summed E-state index contributed by atoms with van der Waals surface area (Å²) in [4.78, 5) is 12.9. The molecule has 1 amide bonds. The first kappa shape index (κ1) is 13.2. The van der Waals surface area contributed by atoms with Crippen molar-refractivity contribution in [3.63, 3.8) is 0 Å². The van der Waals surface area contributed by atoms with Crippen molar-refractivity contribution in [3.05, 3.63) is 39.9 Å². The van der Waals surface area contributed by atoms with Crippen LogP contribution >= 0.6 is 11.5 Å². The number of anilines is 1. The van der Waals surface area contributed by atoms with Gasteiger partial charge in [0.2, 0.25) is 0 Å². The van der Waals surface area contributed by atoms with E-state index in [0.717, 1.165) is 42.4 Å². The SMILES string of the molecule is CCc1nnsc1C(=O)Nc1cccc2c1CNCC2. The maximum Gasteiger partial charge on any atom is 0.269 e. The van der Waals surface area contributed by atoms with E-state index in [1.165, 1.54) is 11.1 Å². The number of aryl methyl sites for hydroxylation is 1. The van der Waals surface area contributed by atoms with Gasteiger partial charge >= 0.3 is 0 Å². The molecule has 6 heteroatoms. The highest BCUT2D eigenvalue weighted by atomic mass is 32.1. The van der Waals surface area contributed by atoms with Gasteiger partial charge in [0, 0.05) is 12.2 Å². The fraction of sp³-hybridized carbons (Fsp3) is 0.357. The third-order valence-corrected chi connectivity index (χ3v) is 4.26. The number of carbonyl (C=O) groups excluding carboxylic acids is 1. The average Bonchev–Trinajstić information content (AvgIpc) is 2.96. The number of fused-ring (bicyclic) bond motifs is 1. The van der Waals surface area contributed by atoms with Crippen LogP contribution in [-0.4, -0.2) is 22.0 Å². The lowest BCUT2D eigenvalue weighted by atomic mass is 9.99. The van der Waals surface area contributed by atoms with Crippen LogP contribution in [0.1, 0.15) is 33.4 Å². The Morgan fingerprint density at radius 1 is 1.50 bits per heavy atom. The van der Waals surface area contributed by atoms with E-state index in [1.54, 1.807) is 0 Å². The Hall–Kier alpha value is -1.79. The van der Waals surface area contributed by atoms with Crippen molar-refractivity contribution in [2.24, 2.45) is 0 Å². The van der Waals surface area contributed by atoms with E-state index in [-0.39, 0.29) is 5.91 Å². The molecule has 0 radical (unpaired) electrons. The van der Waals surface area contributed by atoms with Crippen molar-refractivity contribution >= 4 is 23.1 Å². The fourth-order valence-electron chi connectivity index (χ4n) is 2.42. The van der Waals surface area contributed by atoms with E-state index in [1.807, 2.05) is 19.1 Å². The highest BCUT2D eigenvalue weighted by Crippen LogP contribution is 2.24. The molecule has 1 aliphatic heterocycles. The Bertz CT molecular complexity index is 638. The summed E-state index contributed by atoms with van der Waals surface area (Å²) < 4.78 is 3.86. The Kier molecular flexibility index (Phi) is 3.75. The van der Waals surface area contributed by atoms with E-state index in [0.29, 0.717) is 11.3 Å². The van der Waals surface area contributed by atoms with Crippen LogP contribution in [0.3, 0.4) is 0 Å². The third kappa shape index (κ3) is 2.44. The minimum Gasteiger partial charge on any atom is -0.321 e. The molecule has 0 saturated carbocycles. The van der Waals surface area contributed by atoms with Gasteiger partial charge in [-0.25, -0.2) is 0 Å². The van der Waals surface area contributed by atoms with Crippen LogP contribution in [-0.2, 0) is 19.4 Å². The highest BCUT2D eigenvalue weighted by Gasteiger charge is 2.18. The minimum atomic E-state index is -0.115. The monoisotopic (exact) mass is 288 g/mol. The molecule has 5 nitrogen and oxygen atoms in total. The summed E-state index contributed by atoms with van der Waals surface area (Å²) in [5.74, 6) is -0.115. The minimum absolute atomic E-state index is 0.115. The first-order valence-corrected chi connectivity index (χ1v) is 7.51. The Morgan fingerprint density at radius 2 is 2.40 bits per heavy atom. The van der Waals surface area contributed by atoms with Gasteiger partial charge < -0.3 is 10.6 Å². The van der Waals surface area contributed by atoms with Crippen molar-refractivity contribution < 1.29 is 4.79 Å². The summed E-state index contributed by atoms with van der Waals surface area (Å²) in [7, 11) is 0. The van der Waals surface area contributed by atoms with Gasteiger partial charge in [-0.05, 0) is 48.1 Å². The molecule has 1 aromatic heterocycles. The molecule has 0 fully saturated rings. The van der Waals surface area contributed by atoms with E-state index in [9.17, 15) is 4.79 Å². The quantitative estimate of drug-likeness (QED) is 0.906. The third-order valence-electron chi connectivity index (χ3n) is 3.49. The molecule has 0 saturated heterocycles. The van der Waals surface area contributed by atoms with Gasteiger partial charge in [-0.2, -0.15) is 0 Å². The lowest BCUT2D eigenvalue weighted by Crippen LogP contribution is -2.25. The number of aromatic nitrogens is 2. The molecule has 1 aliphatic rings. The zero-order valence-corrected chi connectivity index (χ0v) is 12.1. The lowest BCUT2D eigenvalue weighted by molar-refractivity contribution is 0.102. The number of benzene rings is 1. The maximum absolute atomic E-state index is 12.3. The second kappa shape index (κ2) is 5.68. The van der Waals surface area contributed by atoms with Crippen LogP contribution in [0.15, 0.2) is 18.2 Å². The first-order valence-electron chi connectivity index (χ1n) is 6.73. The van der Waals surface area contributed by atoms with Crippen molar-refractivity contribution in [1.82, 2.24) is 14.9 Å². The summed E-state index contributed by atoms with van der Waals surface area (Å²) in [6, 6.07) is 6.06. The predicted molar refractivity (Wildman–Crippen MR) is 79.1 cm³/mol. The average molecular weight is 288 g/mol. The molecule has 2 aromatic rings. The van der Waals surface area contributed by atoms with Crippen LogP contribution in [0.2, 0.25) is 0 Å². The van der Waals surface area contributed by atoms with Crippen molar-refractivity contribution in [2.75, 3.05) is 11.9 Å². The molecule has 2 heterocycles. The summed E-state index contributed by atoms with van der Waals surface area (Å²) in [5.41, 5.74) is 4.13. The van der Waals surface area contributed by atoms with Gasteiger partial charge in [0.25, 0.3) is 5.91 Å². The summed E-state index contributed by atoms with van der Waals surface area (Å²) in [6.45, 7) is 3.76. The van der Waals surface area contributed by atoms with Crippen LogP contribution < -0.4 is 10.6 Å². The van der Waals surface area contributed by atoms with E-state index in [2.05, 4.69) is 26.3 Å². The van der Waals surface area contributed by atoms with Crippen molar-refractivity contribution in [3.8, 4) is 0 Å². The topological polar surface area (TPSA) is 66.9 Å². The molecule has 0 spiro atoms. The van der Waals surface area contributed by atoms with Gasteiger partial charge in [0.1, 0.15) is 4.88 Å². The molecule has 20 heavy (non-hydrogen) atoms. The van der Waals surface area contributed by atoms with Crippen LogP contribution in [0.4, 0.5) is 5.69 Å². The van der Waals surface area contributed by atoms with E-state index >= 15 is 0 Å². The number of nitrogens with zero attached hydrogens (tertiary/aromatic N) is 2. The fourth-order valence-corrected chi connectivity index (χ4v) is 3.07. The smallest absolute Gasteiger partial charge is 0.269 e. The van der Waals surface area contributed by atoms with Gasteiger partial charge in [-0.1, -0.05) is 23.5 Å². The zero-order valence-electron chi connectivity index (χ0n) is 11.3. The number of carbonyl (C=O) groups is 1. The molecule has 0 unspecified atom stereocenters. The second-order valence-corrected chi connectivity index (χ2v) is 5.48. The van der Waals surface area contributed by atoms with Crippen LogP contribution in [0.25, 0.3) is 0 Å². The largest absolute Gasteiger partial charge is 0.321 e. The van der Waals surface area contributed by atoms with Gasteiger partial charge in [-0.15, -0.1) is 5.10 Å². The van der Waals surface area contributed by atoms with E-state index in [4.69, 9.17) is 0 Å². The van der Waals surface area contributed by atoms with E-state index < -0.39 is 0 Å². The first-order chi connectivity index (χ1) is 9.79. The van der Waals surface area contributed by atoms with Gasteiger partial charge in [0.15, 0.2) is 0 Å². The Morgan fingerprint density at radius 3 is 3.25 bits per heavy atom. The van der Waals surface area contributed by atoms with Crippen molar-refractivity contribution in [1.29, 1.82) is 0 Å². The van der Waals surface area contributed by atoms with Crippen LogP contribution in [0.5, 0.6) is 0 Å². The zero-order chi connectivity index (χ0) is 13.9. The molecule has 0 bridgehead atoms. The Balaban J connectivity index is 1.86. The molecular weight excluding hydrogens is 272 g/mol. The number of rotatable bonds is 3. The number of hydrogen-bond donors (Lipinski definition) is 2. The van der Waals surface area contributed by atoms with Gasteiger partial charge in [-0.3, -0.25) is 4.79 Å². The number of amides is 1. The molecule has 1 aromatic carbocycles. The number of hydrogen-bond acceptors (Lipinski definition) is 5. The maximum atomic E-state index is 12.3. The standard InChI is InChI=1S/C14H16N4OS/c1-2-11-13(20-18-17-11)14(19)16-12-5-3-4-9-6-7-15-8-10(9)12/h3-5,15H,2,6-8H2,1H3,(H,16,19). The molecule has 104 valence electrons. The van der Waals surface area contributed by atoms with Gasteiger partial charge in [0.05, 0.1) is 5.69 Å². The molecule has 3 rings (SSSR count). The number of nitrogens with one attached hydrogen (secondary N) is 2. The molecule has 0 aliphatic carbocycles.